The highest BCUT2D eigenvalue weighted by molar-refractivity contribution is 5.97. The van der Waals surface area contributed by atoms with E-state index < -0.39 is 11.7 Å². The predicted octanol–water partition coefficient (Wildman–Crippen LogP) is 2.74. The van der Waals surface area contributed by atoms with Gasteiger partial charge in [-0.3, -0.25) is 4.79 Å². The molecule has 0 N–H and O–H groups in total. The Morgan fingerprint density at radius 3 is 2.45 bits per heavy atom. The summed E-state index contributed by atoms with van der Waals surface area (Å²) >= 11 is 0. The Balaban J connectivity index is 2.14. The van der Waals surface area contributed by atoms with Crippen molar-refractivity contribution in [3.8, 4) is 0 Å². The smallest absolute Gasteiger partial charge is 0.294 e. The normalized spacial score (nSPS) is 11.6. The number of nitrogens with zero attached hydrogens (tertiary/aromatic N) is 3. The van der Waals surface area contributed by atoms with Crippen molar-refractivity contribution in [1.82, 2.24) is 14.8 Å². The van der Waals surface area contributed by atoms with E-state index in [0.29, 0.717) is 12.4 Å². The summed E-state index contributed by atoms with van der Waals surface area (Å²) in [7, 11) is 0. The fraction of sp³-hybridized carbons (Fsp3) is 0.308. The molecular weight excluding hydrogens is 271 g/mol. The number of carbonyl (C=O) groups excluding carboxylic acids is 1. The lowest BCUT2D eigenvalue weighted by molar-refractivity contribution is -0.137. The average molecular weight is 283 g/mol. The number of carbonyl (C=O) groups is 1. The number of hydrogen-bond acceptors (Lipinski definition) is 3. The van der Waals surface area contributed by atoms with Crippen LogP contribution in [0.2, 0.25) is 0 Å². The van der Waals surface area contributed by atoms with E-state index >= 15 is 0 Å². The number of alkyl halides is 3. The van der Waals surface area contributed by atoms with Crippen molar-refractivity contribution < 1.29 is 18.0 Å². The lowest BCUT2D eigenvalue weighted by atomic mass is 10.1. The second-order valence-corrected chi connectivity index (χ2v) is 4.17. The second-order valence-electron chi connectivity index (χ2n) is 4.17. The molecule has 0 aliphatic rings. The van der Waals surface area contributed by atoms with Gasteiger partial charge in [-0.05, 0) is 19.1 Å². The third-order valence-electron chi connectivity index (χ3n) is 2.85. The number of halogens is 3. The van der Waals surface area contributed by atoms with Crippen molar-refractivity contribution >= 4 is 5.78 Å². The molecule has 0 saturated carbocycles. The van der Waals surface area contributed by atoms with E-state index in [2.05, 4.69) is 10.1 Å². The summed E-state index contributed by atoms with van der Waals surface area (Å²) in [6.45, 7) is 2.44. The Bertz CT molecular complexity index is 602. The lowest BCUT2D eigenvalue weighted by Crippen LogP contribution is -2.11. The first-order valence-corrected chi connectivity index (χ1v) is 5.99. The standard InChI is InChI=1S/C13H12F3N3O/c1-2-19-12(17-8-18-19)7-11(20)9-3-5-10(6-4-9)13(14,15)16/h3-6,8H,2,7H2,1H3. The highest BCUT2D eigenvalue weighted by Crippen LogP contribution is 2.29. The summed E-state index contributed by atoms with van der Waals surface area (Å²) in [6, 6.07) is 4.16. The maximum absolute atomic E-state index is 12.4. The van der Waals surface area contributed by atoms with E-state index in [9.17, 15) is 18.0 Å². The Kier molecular flexibility index (Phi) is 3.87. The number of rotatable bonds is 4. The molecular formula is C13H12F3N3O. The summed E-state index contributed by atoms with van der Waals surface area (Å²) in [5.41, 5.74) is -0.547. The average Bonchev–Trinajstić information content (AvgIpc) is 2.85. The molecule has 0 saturated heterocycles. The van der Waals surface area contributed by atoms with Crippen LogP contribution >= 0.6 is 0 Å². The zero-order valence-electron chi connectivity index (χ0n) is 10.7. The Morgan fingerprint density at radius 2 is 1.90 bits per heavy atom. The summed E-state index contributed by atoms with van der Waals surface area (Å²) in [5, 5.41) is 3.93. The van der Waals surface area contributed by atoms with E-state index in [1.807, 2.05) is 6.92 Å². The fourth-order valence-electron chi connectivity index (χ4n) is 1.78. The third kappa shape index (κ3) is 3.04. The van der Waals surface area contributed by atoms with Gasteiger partial charge >= 0.3 is 6.18 Å². The molecule has 0 unspecified atom stereocenters. The summed E-state index contributed by atoms with van der Waals surface area (Å²) in [6.07, 6.45) is -3.04. The van der Waals surface area contributed by atoms with E-state index in [4.69, 9.17) is 0 Å². The lowest BCUT2D eigenvalue weighted by Gasteiger charge is -2.07. The van der Waals surface area contributed by atoms with Crippen LogP contribution < -0.4 is 0 Å². The molecule has 0 spiro atoms. The largest absolute Gasteiger partial charge is 0.416 e. The highest BCUT2D eigenvalue weighted by Gasteiger charge is 2.30. The second kappa shape index (κ2) is 5.44. The molecule has 2 aromatic rings. The Labute approximate surface area is 113 Å². The first kappa shape index (κ1) is 14.2. The van der Waals surface area contributed by atoms with E-state index in [0.717, 1.165) is 12.1 Å². The molecule has 0 bridgehead atoms. The molecule has 0 fully saturated rings. The van der Waals surface area contributed by atoms with Crippen LogP contribution in [0, 0.1) is 0 Å². The van der Waals surface area contributed by atoms with Gasteiger partial charge in [0.15, 0.2) is 5.78 Å². The van der Waals surface area contributed by atoms with E-state index in [1.54, 1.807) is 4.68 Å². The zero-order chi connectivity index (χ0) is 14.8. The van der Waals surface area contributed by atoms with Crippen molar-refractivity contribution in [3.63, 3.8) is 0 Å². The van der Waals surface area contributed by atoms with Gasteiger partial charge in [0.25, 0.3) is 0 Å². The fourth-order valence-corrected chi connectivity index (χ4v) is 1.78. The summed E-state index contributed by atoms with van der Waals surface area (Å²) < 4.78 is 38.8. The Morgan fingerprint density at radius 1 is 1.25 bits per heavy atom. The maximum atomic E-state index is 12.4. The number of benzene rings is 1. The molecule has 1 aromatic heterocycles. The van der Waals surface area contributed by atoms with Gasteiger partial charge in [0, 0.05) is 12.1 Å². The molecule has 0 atom stereocenters. The number of aromatic nitrogens is 3. The quantitative estimate of drug-likeness (QED) is 0.811. The van der Waals surface area contributed by atoms with Crippen LogP contribution in [0.15, 0.2) is 30.6 Å². The van der Waals surface area contributed by atoms with E-state index in [-0.39, 0.29) is 17.8 Å². The topological polar surface area (TPSA) is 47.8 Å². The molecule has 0 aliphatic carbocycles. The van der Waals surface area contributed by atoms with Crippen molar-refractivity contribution in [2.45, 2.75) is 26.1 Å². The minimum Gasteiger partial charge on any atom is -0.294 e. The summed E-state index contributed by atoms with van der Waals surface area (Å²) in [5.74, 6) is 0.207. The minimum atomic E-state index is -4.40. The first-order chi connectivity index (χ1) is 9.41. The number of aryl methyl sites for hydroxylation is 1. The molecule has 0 aliphatic heterocycles. The van der Waals surface area contributed by atoms with Crippen molar-refractivity contribution in [2.24, 2.45) is 0 Å². The molecule has 0 amide bonds. The van der Waals surface area contributed by atoms with Crippen LogP contribution in [0.3, 0.4) is 0 Å². The number of ketones is 1. The van der Waals surface area contributed by atoms with Gasteiger partial charge in [-0.25, -0.2) is 9.67 Å². The zero-order valence-corrected chi connectivity index (χ0v) is 10.7. The van der Waals surface area contributed by atoms with Crippen molar-refractivity contribution in [3.05, 3.63) is 47.5 Å². The molecule has 0 radical (unpaired) electrons. The number of Topliss-reactive ketones (excluding diaryl/α,β-unsaturated/α-hetero) is 1. The SMILES string of the molecule is CCn1ncnc1CC(=O)c1ccc(C(F)(F)F)cc1. The molecule has 4 nitrogen and oxygen atoms in total. The van der Waals surface area contributed by atoms with Gasteiger partial charge in [-0.15, -0.1) is 0 Å². The summed E-state index contributed by atoms with van der Waals surface area (Å²) in [4.78, 5) is 15.9. The van der Waals surface area contributed by atoms with Crippen LogP contribution in [0.5, 0.6) is 0 Å². The third-order valence-corrected chi connectivity index (χ3v) is 2.85. The molecule has 20 heavy (non-hydrogen) atoms. The minimum absolute atomic E-state index is 0.0131. The maximum Gasteiger partial charge on any atom is 0.416 e. The van der Waals surface area contributed by atoms with Crippen LogP contribution in [0.1, 0.15) is 28.7 Å². The van der Waals surface area contributed by atoms with Crippen molar-refractivity contribution in [2.75, 3.05) is 0 Å². The predicted molar refractivity (Wildman–Crippen MR) is 65.2 cm³/mol. The first-order valence-electron chi connectivity index (χ1n) is 5.99. The molecule has 106 valence electrons. The van der Waals surface area contributed by atoms with Gasteiger partial charge in [-0.1, -0.05) is 12.1 Å². The van der Waals surface area contributed by atoms with Crippen molar-refractivity contribution in [1.29, 1.82) is 0 Å². The van der Waals surface area contributed by atoms with Crippen LogP contribution in [0.25, 0.3) is 0 Å². The van der Waals surface area contributed by atoms with Gasteiger partial charge in [0.05, 0.1) is 12.0 Å². The molecule has 7 heteroatoms. The van der Waals surface area contributed by atoms with Crippen LogP contribution in [-0.2, 0) is 19.1 Å². The van der Waals surface area contributed by atoms with Gasteiger partial charge in [0.1, 0.15) is 12.2 Å². The van der Waals surface area contributed by atoms with E-state index in [1.165, 1.54) is 18.5 Å². The van der Waals surface area contributed by atoms with Gasteiger partial charge < -0.3 is 0 Å². The molecule has 1 aromatic carbocycles. The molecule has 2 rings (SSSR count). The highest BCUT2D eigenvalue weighted by atomic mass is 19.4. The van der Waals surface area contributed by atoms with Gasteiger partial charge in [-0.2, -0.15) is 18.3 Å². The number of hydrogen-bond donors (Lipinski definition) is 0. The Hall–Kier alpha value is -2.18. The van der Waals surface area contributed by atoms with Crippen LogP contribution in [-0.4, -0.2) is 20.5 Å². The monoisotopic (exact) mass is 283 g/mol. The molecule has 1 heterocycles. The van der Waals surface area contributed by atoms with Gasteiger partial charge in [0.2, 0.25) is 0 Å². The van der Waals surface area contributed by atoms with Crippen LogP contribution in [0.4, 0.5) is 13.2 Å².